The molecule has 0 bridgehead atoms. The lowest BCUT2D eigenvalue weighted by atomic mass is 9.98. The van der Waals surface area contributed by atoms with Gasteiger partial charge in [0.05, 0.1) is 10.7 Å². The Labute approximate surface area is 110 Å². The first kappa shape index (κ1) is 11.4. The summed E-state index contributed by atoms with van der Waals surface area (Å²) in [6.07, 6.45) is 4.69. The van der Waals surface area contributed by atoms with Crippen LogP contribution in [0.2, 0.25) is 0 Å². The molecule has 2 aromatic heterocycles. The summed E-state index contributed by atoms with van der Waals surface area (Å²) in [5.41, 5.74) is 1.34. The van der Waals surface area contributed by atoms with Gasteiger partial charge in [-0.3, -0.25) is 0 Å². The number of thiophene rings is 1. The molecule has 0 radical (unpaired) electrons. The van der Waals surface area contributed by atoms with E-state index in [1.807, 2.05) is 22.7 Å². The van der Waals surface area contributed by atoms with Crippen molar-refractivity contribution in [1.82, 2.24) is 10.3 Å². The molecular formula is C13H16N2S2. The second kappa shape index (κ2) is 4.88. The average Bonchev–Trinajstić information content (AvgIpc) is 2.97. The van der Waals surface area contributed by atoms with Crippen LogP contribution in [0.25, 0.3) is 0 Å². The van der Waals surface area contributed by atoms with E-state index in [2.05, 4.69) is 29.9 Å². The predicted octanol–water partition coefficient (Wildman–Crippen LogP) is 3.39. The second-order valence-corrected chi connectivity index (χ2v) is 6.56. The molecule has 2 nitrogen and oxygen atoms in total. The molecule has 0 amide bonds. The third-order valence-corrected chi connectivity index (χ3v) is 5.34. The summed E-state index contributed by atoms with van der Waals surface area (Å²) < 4.78 is 0. The molecule has 17 heavy (non-hydrogen) atoms. The third kappa shape index (κ3) is 2.30. The minimum absolute atomic E-state index is 0.535. The molecular weight excluding hydrogens is 248 g/mol. The van der Waals surface area contributed by atoms with Crippen LogP contribution in [-0.4, -0.2) is 12.0 Å². The van der Waals surface area contributed by atoms with Crippen molar-refractivity contribution in [3.05, 3.63) is 38.0 Å². The Kier molecular flexibility index (Phi) is 3.27. The van der Waals surface area contributed by atoms with Crippen molar-refractivity contribution in [2.24, 2.45) is 0 Å². The molecule has 0 fully saturated rings. The molecule has 2 heterocycles. The Balaban J connectivity index is 1.85. The second-order valence-electron chi connectivity index (χ2n) is 4.41. The van der Waals surface area contributed by atoms with Crippen LogP contribution < -0.4 is 5.32 Å². The van der Waals surface area contributed by atoms with Crippen LogP contribution in [0.1, 0.15) is 39.3 Å². The van der Waals surface area contributed by atoms with Crippen LogP contribution in [-0.2, 0) is 12.8 Å². The van der Waals surface area contributed by atoms with E-state index < -0.39 is 0 Å². The number of rotatable bonds is 3. The van der Waals surface area contributed by atoms with E-state index in [0.29, 0.717) is 6.04 Å². The summed E-state index contributed by atoms with van der Waals surface area (Å²) in [4.78, 5) is 7.70. The van der Waals surface area contributed by atoms with E-state index in [-0.39, 0.29) is 0 Å². The Morgan fingerprint density at radius 2 is 2.47 bits per heavy atom. The molecule has 0 saturated carbocycles. The smallest absolute Gasteiger partial charge is 0.0983 e. The lowest BCUT2D eigenvalue weighted by Gasteiger charge is -2.20. The largest absolute Gasteiger partial charge is 0.312 e. The minimum Gasteiger partial charge on any atom is -0.312 e. The first-order chi connectivity index (χ1) is 8.36. The topological polar surface area (TPSA) is 24.9 Å². The highest BCUT2D eigenvalue weighted by atomic mass is 32.1. The molecule has 1 N–H and O–H groups in total. The van der Waals surface area contributed by atoms with Gasteiger partial charge in [-0.15, -0.1) is 22.7 Å². The molecule has 0 aromatic carbocycles. The van der Waals surface area contributed by atoms with Crippen LogP contribution in [0.3, 0.4) is 0 Å². The zero-order valence-corrected chi connectivity index (χ0v) is 11.5. The number of hydrogen-bond acceptors (Lipinski definition) is 4. The molecule has 2 aromatic rings. The first-order valence-corrected chi connectivity index (χ1v) is 7.74. The highest BCUT2D eigenvalue weighted by Gasteiger charge is 2.23. The minimum atomic E-state index is 0.535. The fourth-order valence-corrected chi connectivity index (χ4v) is 4.46. The number of thiazole rings is 1. The van der Waals surface area contributed by atoms with Crippen molar-refractivity contribution in [1.29, 1.82) is 0 Å². The summed E-state index contributed by atoms with van der Waals surface area (Å²) >= 11 is 3.72. The zero-order valence-electron chi connectivity index (χ0n) is 9.90. The van der Waals surface area contributed by atoms with Crippen molar-refractivity contribution in [2.45, 2.75) is 31.7 Å². The van der Waals surface area contributed by atoms with Crippen LogP contribution in [0, 0.1) is 0 Å². The normalized spacial score (nSPS) is 19.2. The summed E-state index contributed by atoms with van der Waals surface area (Å²) in [5, 5.41) is 6.82. The maximum absolute atomic E-state index is 4.81. The average molecular weight is 264 g/mol. The highest BCUT2D eigenvalue weighted by Crippen LogP contribution is 2.34. The molecule has 3 rings (SSSR count). The van der Waals surface area contributed by atoms with Gasteiger partial charge in [-0.1, -0.05) is 6.07 Å². The van der Waals surface area contributed by atoms with Crippen LogP contribution in [0.5, 0.6) is 0 Å². The number of aryl methyl sites for hydroxylation is 1. The molecule has 0 spiro atoms. The van der Waals surface area contributed by atoms with Gasteiger partial charge in [-0.25, -0.2) is 4.98 Å². The van der Waals surface area contributed by atoms with Gasteiger partial charge in [0.25, 0.3) is 0 Å². The summed E-state index contributed by atoms with van der Waals surface area (Å²) in [5.74, 6) is 0. The molecule has 1 aliphatic carbocycles. The fourth-order valence-electron chi connectivity index (χ4n) is 2.38. The summed E-state index contributed by atoms with van der Waals surface area (Å²) in [7, 11) is 2.05. The summed E-state index contributed by atoms with van der Waals surface area (Å²) in [6, 6.07) is 4.85. The van der Waals surface area contributed by atoms with Gasteiger partial charge in [-0.2, -0.15) is 0 Å². The molecule has 4 heteroatoms. The quantitative estimate of drug-likeness (QED) is 0.919. The van der Waals surface area contributed by atoms with E-state index >= 15 is 0 Å². The van der Waals surface area contributed by atoms with Gasteiger partial charge in [0.1, 0.15) is 0 Å². The number of nitrogens with zero attached hydrogens (tertiary/aromatic N) is 1. The van der Waals surface area contributed by atoms with Crippen LogP contribution in [0.15, 0.2) is 17.5 Å². The van der Waals surface area contributed by atoms with E-state index in [0.717, 1.165) is 12.8 Å². The molecule has 0 saturated heterocycles. The molecule has 1 aliphatic rings. The van der Waals surface area contributed by atoms with Crippen molar-refractivity contribution in [2.75, 3.05) is 7.05 Å². The van der Waals surface area contributed by atoms with Crippen molar-refractivity contribution >= 4 is 22.7 Å². The van der Waals surface area contributed by atoms with Gasteiger partial charge in [0, 0.05) is 22.2 Å². The third-order valence-electron chi connectivity index (χ3n) is 3.25. The SMILES string of the molecule is CNC1CCCc2nc(Cc3cccs3)sc21. The maximum atomic E-state index is 4.81. The van der Waals surface area contributed by atoms with E-state index in [9.17, 15) is 0 Å². The summed E-state index contributed by atoms with van der Waals surface area (Å²) in [6.45, 7) is 0. The van der Waals surface area contributed by atoms with E-state index in [4.69, 9.17) is 4.98 Å². The first-order valence-electron chi connectivity index (χ1n) is 6.05. The fraction of sp³-hybridized carbons (Fsp3) is 0.462. The number of hydrogen-bond donors (Lipinski definition) is 1. The highest BCUT2D eigenvalue weighted by molar-refractivity contribution is 7.12. The molecule has 0 aliphatic heterocycles. The maximum Gasteiger partial charge on any atom is 0.0983 e. The van der Waals surface area contributed by atoms with Gasteiger partial charge < -0.3 is 5.32 Å². The zero-order chi connectivity index (χ0) is 11.7. The molecule has 1 unspecified atom stereocenters. The number of aromatic nitrogens is 1. The van der Waals surface area contributed by atoms with E-state index in [1.54, 1.807) is 0 Å². The Morgan fingerprint density at radius 1 is 1.53 bits per heavy atom. The van der Waals surface area contributed by atoms with Gasteiger partial charge in [-0.05, 0) is 37.8 Å². The van der Waals surface area contributed by atoms with Gasteiger partial charge in [0.2, 0.25) is 0 Å². The number of fused-ring (bicyclic) bond motifs is 1. The standard InChI is InChI=1S/C13H16N2S2/c1-14-10-5-2-6-11-13(10)17-12(15-11)8-9-4-3-7-16-9/h3-4,7,10,14H,2,5-6,8H2,1H3. The molecule has 1 atom stereocenters. The van der Waals surface area contributed by atoms with Crippen LogP contribution >= 0.6 is 22.7 Å². The van der Waals surface area contributed by atoms with E-state index in [1.165, 1.54) is 33.3 Å². The molecule has 90 valence electrons. The van der Waals surface area contributed by atoms with Gasteiger partial charge >= 0.3 is 0 Å². The predicted molar refractivity (Wildman–Crippen MR) is 74.0 cm³/mol. The Hall–Kier alpha value is -0.710. The number of nitrogens with one attached hydrogen (secondary N) is 1. The van der Waals surface area contributed by atoms with Crippen molar-refractivity contribution in [3.8, 4) is 0 Å². The Bertz CT molecular complexity index is 487. The lowest BCUT2D eigenvalue weighted by molar-refractivity contribution is 0.501. The van der Waals surface area contributed by atoms with Crippen molar-refractivity contribution in [3.63, 3.8) is 0 Å². The monoisotopic (exact) mass is 264 g/mol. The van der Waals surface area contributed by atoms with Crippen molar-refractivity contribution < 1.29 is 0 Å². The van der Waals surface area contributed by atoms with Gasteiger partial charge in [0.15, 0.2) is 0 Å². The van der Waals surface area contributed by atoms with Crippen LogP contribution in [0.4, 0.5) is 0 Å². The Morgan fingerprint density at radius 3 is 3.24 bits per heavy atom. The lowest BCUT2D eigenvalue weighted by Crippen LogP contribution is -2.19.